The largest absolute Gasteiger partial charge is 0.339 e. The van der Waals surface area contributed by atoms with Gasteiger partial charge >= 0.3 is 0 Å². The number of aryl methyl sites for hydroxylation is 1. The predicted molar refractivity (Wildman–Crippen MR) is 66.7 cm³/mol. The maximum Gasteiger partial charge on any atom is 0.226 e. The van der Waals surface area contributed by atoms with Gasteiger partial charge in [0.05, 0.1) is 0 Å². The summed E-state index contributed by atoms with van der Waals surface area (Å²) in [5.74, 6) is 1.08. The predicted octanol–water partition coefficient (Wildman–Crippen LogP) is 3.16. The maximum absolute atomic E-state index is 6.01. The van der Waals surface area contributed by atoms with Crippen LogP contribution in [-0.2, 0) is 6.42 Å². The Morgan fingerprint density at radius 1 is 1.69 bits per heavy atom. The highest BCUT2D eigenvalue weighted by Crippen LogP contribution is 2.35. The van der Waals surface area contributed by atoms with Crippen molar-refractivity contribution in [3.8, 4) is 0 Å². The van der Waals surface area contributed by atoms with Crippen LogP contribution in [0.15, 0.2) is 15.1 Å². The van der Waals surface area contributed by atoms with Crippen molar-refractivity contribution in [1.29, 1.82) is 0 Å². The van der Waals surface area contributed by atoms with Crippen LogP contribution in [0.2, 0.25) is 4.34 Å². The van der Waals surface area contributed by atoms with E-state index in [0.29, 0.717) is 22.5 Å². The highest BCUT2D eigenvalue weighted by atomic mass is 79.9. The van der Waals surface area contributed by atoms with Crippen molar-refractivity contribution in [1.82, 2.24) is 10.1 Å². The van der Waals surface area contributed by atoms with E-state index in [1.807, 2.05) is 13.0 Å². The molecule has 0 aliphatic rings. The highest BCUT2D eigenvalue weighted by molar-refractivity contribution is 9.10. The molecule has 0 aliphatic heterocycles. The van der Waals surface area contributed by atoms with Crippen LogP contribution >= 0.6 is 38.9 Å². The zero-order chi connectivity index (χ0) is 11.7. The van der Waals surface area contributed by atoms with Gasteiger partial charge in [-0.25, -0.2) is 0 Å². The second-order valence-corrected chi connectivity index (χ2v) is 5.69. The van der Waals surface area contributed by atoms with Crippen LogP contribution in [0, 0.1) is 0 Å². The number of thiophene rings is 1. The minimum Gasteiger partial charge on any atom is -0.339 e. The van der Waals surface area contributed by atoms with Crippen LogP contribution in [0.1, 0.15) is 29.6 Å². The van der Waals surface area contributed by atoms with E-state index in [4.69, 9.17) is 21.9 Å². The van der Waals surface area contributed by atoms with Gasteiger partial charge in [0.2, 0.25) is 5.89 Å². The topological polar surface area (TPSA) is 64.9 Å². The number of halogens is 2. The molecule has 2 N–H and O–H groups in total. The molecule has 0 aliphatic carbocycles. The molecule has 4 nitrogen and oxygen atoms in total. The summed E-state index contributed by atoms with van der Waals surface area (Å²) < 4.78 is 6.52. The lowest BCUT2D eigenvalue weighted by Gasteiger charge is -2.01. The molecule has 2 heterocycles. The molecule has 16 heavy (non-hydrogen) atoms. The first-order valence-electron chi connectivity index (χ1n) is 4.64. The molecule has 0 aromatic carbocycles. The highest BCUT2D eigenvalue weighted by Gasteiger charge is 2.19. The Bertz CT molecular complexity index is 479. The van der Waals surface area contributed by atoms with E-state index in [-0.39, 0.29) is 0 Å². The third kappa shape index (κ3) is 2.29. The monoisotopic (exact) mass is 321 g/mol. The van der Waals surface area contributed by atoms with Crippen LogP contribution in [0.25, 0.3) is 0 Å². The van der Waals surface area contributed by atoms with E-state index >= 15 is 0 Å². The number of rotatable bonds is 3. The minimum absolute atomic E-state index is 0.391. The molecule has 2 rings (SSSR count). The Balaban J connectivity index is 2.27. The number of aromatic nitrogens is 2. The molecule has 0 bridgehead atoms. The molecular weight excluding hydrogens is 314 g/mol. The molecule has 1 atom stereocenters. The van der Waals surface area contributed by atoms with Gasteiger partial charge in [-0.3, -0.25) is 0 Å². The summed E-state index contributed by atoms with van der Waals surface area (Å²) in [6, 6.07) is 1.48. The van der Waals surface area contributed by atoms with Crippen molar-refractivity contribution in [3.63, 3.8) is 0 Å². The molecule has 1 unspecified atom stereocenters. The normalized spacial score (nSPS) is 13.0. The van der Waals surface area contributed by atoms with Crippen LogP contribution in [0.5, 0.6) is 0 Å². The number of hydrogen-bond acceptors (Lipinski definition) is 5. The van der Waals surface area contributed by atoms with Crippen molar-refractivity contribution in [2.45, 2.75) is 19.4 Å². The fourth-order valence-corrected chi connectivity index (χ4v) is 2.92. The van der Waals surface area contributed by atoms with Crippen molar-refractivity contribution in [3.05, 3.63) is 31.5 Å². The Hall–Kier alpha value is -0.430. The average Bonchev–Trinajstić information content (AvgIpc) is 2.86. The molecule has 0 amide bonds. The smallest absolute Gasteiger partial charge is 0.226 e. The van der Waals surface area contributed by atoms with Crippen LogP contribution in [-0.4, -0.2) is 10.1 Å². The summed E-state index contributed by atoms with van der Waals surface area (Å²) in [5, 5.41) is 3.84. The Morgan fingerprint density at radius 2 is 2.44 bits per heavy atom. The second kappa shape index (κ2) is 4.83. The molecule has 86 valence electrons. The van der Waals surface area contributed by atoms with Crippen LogP contribution in [0.4, 0.5) is 0 Å². The van der Waals surface area contributed by atoms with Gasteiger partial charge < -0.3 is 10.3 Å². The Morgan fingerprint density at radius 3 is 2.94 bits per heavy atom. The van der Waals surface area contributed by atoms with Gasteiger partial charge in [-0.15, -0.1) is 11.3 Å². The van der Waals surface area contributed by atoms with Crippen molar-refractivity contribution in [2.24, 2.45) is 5.73 Å². The maximum atomic E-state index is 6.01. The first kappa shape index (κ1) is 12.0. The van der Waals surface area contributed by atoms with E-state index in [9.17, 15) is 0 Å². The van der Waals surface area contributed by atoms with Crippen LogP contribution in [0.3, 0.4) is 0 Å². The zero-order valence-electron chi connectivity index (χ0n) is 8.41. The fraction of sp³-hybridized carbons (Fsp3) is 0.333. The summed E-state index contributed by atoms with van der Waals surface area (Å²) in [4.78, 5) is 5.09. The molecule has 2 aromatic rings. The van der Waals surface area contributed by atoms with E-state index in [2.05, 4.69) is 26.1 Å². The van der Waals surface area contributed by atoms with Crippen molar-refractivity contribution in [2.75, 3.05) is 0 Å². The average molecular weight is 323 g/mol. The Kier molecular flexibility index (Phi) is 3.63. The molecule has 0 spiro atoms. The second-order valence-electron chi connectivity index (χ2n) is 3.15. The van der Waals surface area contributed by atoms with E-state index < -0.39 is 6.04 Å². The third-order valence-corrected chi connectivity index (χ3v) is 4.59. The van der Waals surface area contributed by atoms with E-state index in [1.165, 1.54) is 11.3 Å². The summed E-state index contributed by atoms with van der Waals surface area (Å²) in [6.45, 7) is 1.95. The van der Waals surface area contributed by atoms with Gasteiger partial charge in [0, 0.05) is 15.8 Å². The fourth-order valence-electron chi connectivity index (χ4n) is 1.18. The van der Waals surface area contributed by atoms with Crippen molar-refractivity contribution >= 4 is 38.9 Å². The lowest BCUT2D eigenvalue weighted by Crippen LogP contribution is -2.12. The standard InChI is InChI=1S/C9H9BrClN3OS/c1-2-6-13-9(14-15-6)7(12)5-3-4(10)8(11)16-5/h3,7H,2,12H2,1H3. The number of hydrogen-bond donors (Lipinski definition) is 1. The quantitative estimate of drug-likeness (QED) is 0.942. The summed E-state index contributed by atoms with van der Waals surface area (Å²) in [7, 11) is 0. The van der Waals surface area contributed by atoms with Crippen molar-refractivity contribution < 1.29 is 4.52 Å². The van der Waals surface area contributed by atoms with Gasteiger partial charge in [-0.2, -0.15) is 4.98 Å². The first-order chi connectivity index (χ1) is 7.61. The van der Waals surface area contributed by atoms with E-state index in [1.54, 1.807) is 0 Å². The third-order valence-electron chi connectivity index (χ3n) is 2.04. The van der Waals surface area contributed by atoms with Gasteiger partial charge in [0.15, 0.2) is 5.82 Å². The SMILES string of the molecule is CCc1nc(C(N)c2cc(Br)c(Cl)s2)no1. The zero-order valence-corrected chi connectivity index (χ0v) is 11.6. The molecule has 0 radical (unpaired) electrons. The summed E-state index contributed by atoms with van der Waals surface area (Å²) in [5.41, 5.74) is 6.01. The lowest BCUT2D eigenvalue weighted by molar-refractivity contribution is 0.375. The molecule has 0 saturated carbocycles. The van der Waals surface area contributed by atoms with E-state index in [0.717, 1.165) is 9.35 Å². The van der Waals surface area contributed by atoms with Crippen LogP contribution < -0.4 is 5.73 Å². The molecule has 0 saturated heterocycles. The number of nitrogens with two attached hydrogens (primary N) is 1. The molecular formula is C9H9BrClN3OS. The molecule has 0 fully saturated rings. The van der Waals surface area contributed by atoms with Gasteiger partial charge in [0.1, 0.15) is 10.4 Å². The Labute approximate surface area is 110 Å². The minimum atomic E-state index is -0.391. The summed E-state index contributed by atoms with van der Waals surface area (Å²) >= 11 is 10.7. The van der Waals surface area contributed by atoms with Gasteiger partial charge in [0.25, 0.3) is 0 Å². The first-order valence-corrected chi connectivity index (χ1v) is 6.63. The van der Waals surface area contributed by atoms with Gasteiger partial charge in [-0.1, -0.05) is 23.7 Å². The number of nitrogens with zero attached hydrogens (tertiary/aromatic N) is 2. The molecule has 7 heteroatoms. The lowest BCUT2D eigenvalue weighted by atomic mass is 10.2. The summed E-state index contributed by atoms with van der Waals surface area (Å²) in [6.07, 6.45) is 0.703. The van der Waals surface area contributed by atoms with Gasteiger partial charge in [-0.05, 0) is 22.0 Å². The molecule has 2 aromatic heterocycles.